The molecule has 0 aliphatic heterocycles. The number of hydrogen-bond acceptors (Lipinski definition) is 2. The maximum Gasteiger partial charge on any atom is 0.252 e. The number of halogens is 3. The second-order valence-corrected chi connectivity index (χ2v) is 7.27. The van der Waals surface area contributed by atoms with Crippen LogP contribution in [0, 0.1) is 6.92 Å². The third kappa shape index (κ3) is 6.36. The second kappa shape index (κ2) is 9.25. The topological polar surface area (TPSA) is 53.2 Å². The second-order valence-electron chi connectivity index (χ2n) is 5.26. The predicted molar refractivity (Wildman–Crippen MR) is 109 cm³/mol. The molecule has 0 heterocycles. The lowest BCUT2D eigenvalue weighted by molar-refractivity contribution is 0.0936. The summed E-state index contributed by atoms with van der Waals surface area (Å²) in [4.78, 5) is 11.4. The van der Waals surface area contributed by atoms with E-state index in [1.54, 1.807) is 24.3 Å². The molecule has 0 aliphatic rings. The molecule has 0 spiro atoms. The highest BCUT2D eigenvalue weighted by molar-refractivity contribution is 7.80. The van der Waals surface area contributed by atoms with Gasteiger partial charge in [-0.2, -0.15) is 0 Å². The van der Waals surface area contributed by atoms with Gasteiger partial charge in [-0.25, -0.2) is 0 Å². The van der Waals surface area contributed by atoms with Crippen LogP contribution in [0.3, 0.4) is 0 Å². The van der Waals surface area contributed by atoms with Crippen molar-refractivity contribution in [1.82, 2.24) is 10.6 Å². The fourth-order valence-electron chi connectivity index (χ4n) is 1.93. The van der Waals surface area contributed by atoms with Crippen molar-refractivity contribution >= 4 is 63.7 Å². The summed E-state index contributed by atoms with van der Waals surface area (Å²) >= 11 is 23.0. The molecule has 0 aliphatic carbocycles. The quantitative estimate of drug-likeness (QED) is 0.382. The van der Waals surface area contributed by atoms with E-state index in [-0.39, 0.29) is 11.0 Å². The third-order valence-electron chi connectivity index (χ3n) is 3.24. The first-order valence-corrected chi connectivity index (χ1v) is 9.00. The molecule has 2 aromatic rings. The highest BCUT2D eigenvalue weighted by Crippen LogP contribution is 2.12. The largest absolute Gasteiger partial charge is 0.340 e. The summed E-state index contributed by atoms with van der Waals surface area (Å²) in [6, 6.07) is 14.2. The zero-order valence-electron chi connectivity index (χ0n) is 13.2. The monoisotopic (exact) mass is 415 g/mol. The van der Waals surface area contributed by atoms with Gasteiger partial charge in [0.1, 0.15) is 11.0 Å². The molecule has 1 atom stereocenters. The van der Waals surface area contributed by atoms with Crippen molar-refractivity contribution in [2.75, 3.05) is 5.32 Å². The zero-order valence-corrected chi connectivity index (χ0v) is 16.3. The average molecular weight is 417 g/mol. The van der Waals surface area contributed by atoms with Crippen molar-refractivity contribution < 1.29 is 4.79 Å². The van der Waals surface area contributed by atoms with Crippen LogP contribution < -0.4 is 16.0 Å². The molecule has 8 heteroatoms. The number of aryl methyl sites for hydroxylation is 1. The average Bonchev–Trinajstić information content (AvgIpc) is 2.56. The number of hydrogen-bond donors (Lipinski definition) is 3. The van der Waals surface area contributed by atoms with Gasteiger partial charge in [-0.05, 0) is 55.5 Å². The minimum atomic E-state index is -0.908. The van der Waals surface area contributed by atoms with E-state index in [4.69, 9.17) is 47.0 Å². The first-order chi connectivity index (χ1) is 11.8. The summed E-state index contributed by atoms with van der Waals surface area (Å²) < 4.78 is 0. The summed E-state index contributed by atoms with van der Waals surface area (Å²) in [5.74, 6) is -0.349. The Labute approximate surface area is 166 Å². The number of thiocarbonyl (C=S) groups is 1. The van der Waals surface area contributed by atoms with Gasteiger partial charge in [-0.1, -0.05) is 29.3 Å². The molecule has 0 aromatic heterocycles. The van der Waals surface area contributed by atoms with E-state index in [2.05, 4.69) is 16.0 Å². The molecule has 0 saturated carbocycles. The maximum absolute atomic E-state index is 12.3. The SMILES string of the molecule is Cc1ccc(NC(=S)N[C@H](NC(=O)c2ccc(Cl)cc2)C(Cl)Cl)cc1. The van der Waals surface area contributed by atoms with Crippen molar-refractivity contribution in [2.24, 2.45) is 0 Å². The molecule has 1 amide bonds. The Kier molecular flexibility index (Phi) is 7.32. The lowest BCUT2D eigenvalue weighted by Crippen LogP contribution is -2.52. The van der Waals surface area contributed by atoms with Crippen molar-refractivity contribution in [3.05, 3.63) is 64.7 Å². The van der Waals surface area contributed by atoms with Crippen LogP contribution in [0.4, 0.5) is 5.69 Å². The van der Waals surface area contributed by atoms with Crippen LogP contribution in [0.25, 0.3) is 0 Å². The van der Waals surface area contributed by atoms with Crippen molar-refractivity contribution in [3.8, 4) is 0 Å². The molecule has 0 saturated heterocycles. The first-order valence-electron chi connectivity index (χ1n) is 7.34. The van der Waals surface area contributed by atoms with Gasteiger partial charge >= 0.3 is 0 Å². The molecule has 0 fully saturated rings. The molecule has 132 valence electrons. The van der Waals surface area contributed by atoms with Crippen LogP contribution >= 0.6 is 47.0 Å². The number of carbonyl (C=O) groups is 1. The lowest BCUT2D eigenvalue weighted by Gasteiger charge is -2.23. The van der Waals surface area contributed by atoms with Crippen LogP contribution in [0.1, 0.15) is 15.9 Å². The molecule has 25 heavy (non-hydrogen) atoms. The van der Waals surface area contributed by atoms with Gasteiger partial charge in [-0.15, -0.1) is 23.2 Å². The summed E-state index contributed by atoms with van der Waals surface area (Å²) in [5.41, 5.74) is 2.38. The summed E-state index contributed by atoms with van der Waals surface area (Å²) in [7, 11) is 0. The maximum atomic E-state index is 12.3. The van der Waals surface area contributed by atoms with Gasteiger partial charge < -0.3 is 16.0 Å². The van der Waals surface area contributed by atoms with Crippen LogP contribution in [0.15, 0.2) is 48.5 Å². The molecule has 0 unspecified atom stereocenters. The van der Waals surface area contributed by atoms with Crippen LogP contribution in [0.2, 0.25) is 5.02 Å². The summed E-state index contributed by atoms with van der Waals surface area (Å²) in [6.45, 7) is 1.99. The van der Waals surface area contributed by atoms with Crippen LogP contribution in [-0.2, 0) is 0 Å². The highest BCUT2D eigenvalue weighted by Gasteiger charge is 2.21. The Morgan fingerprint density at radius 3 is 2.16 bits per heavy atom. The zero-order chi connectivity index (χ0) is 18.4. The third-order valence-corrected chi connectivity index (χ3v) is 4.22. The van der Waals surface area contributed by atoms with Crippen molar-refractivity contribution in [3.63, 3.8) is 0 Å². The molecule has 3 N–H and O–H groups in total. The molecule has 2 aromatic carbocycles. The first kappa shape index (κ1) is 19.8. The standard InChI is InChI=1S/C17H16Cl3N3OS/c1-10-2-8-13(9-3-10)21-17(25)23-15(14(19)20)22-16(24)11-4-6-12(18)7-5-11/h2-9,14-15H,1H3,(H,22,24)(H2,21,23,25)/t15-/m0/s1. The van der Waals surface area contributed by atoms with Crippen molar-refractivity contribution in [1.29, 1.82) is 0 Å². The number of nitrogens with one attached hydrogen (secondary N) is 3. The van der Waals surface area contributed by atoms with Crippen LogP contribution in [-0.4, -0.2) is 22.0 Å². The molecular formula is C17H16Cl3N3OS. The van der Waals surface area contributed by atoms with E-state index in [0.29, 0.717) is 10.6 Å². The Bertz CT molecular complexity index is 736. The predicted octanol–water partition coefficient (Wildman–Crippen LogP) is 4.49. The smallest absolute Gasteiger partial charge is 0.252 e. The van der Waals surface area contributed by atoms with E-state index < -0.39 is 11.0 Å². The number of carbonyl (C=O) groups excluding carboxylic acids is 1. The lowest BCUT2D eigenvalue weighted by atomic mass is 10.2. The van der Waals surface area contributed by atoms with Gasteiger partial charge in [-0.3, -0.25) is 4.79 Å². The Hall–Kier alpha value is -1.53. The minimum Gasteiger partial charge on any atom is -0.340 e. The minimum absolute atomic E-state index is 0.288. The summed E-state index contributed by atoms with van der Waals surface area (Å²) in [5, 5.41) is 9.43. The van der Waals surface area contributed by atoms with Gasteiger partial charge in [0, 0.05) is 16.3 Å². The van der Waals surface area contributed by atoms with E-state index >= 15 is 0 Å². The Morgan fingerprint density at radius 2 is 1.60 bits per heavy atom. The van der Waals surface area contributed by atoms with Gasteiger partial charge in [0.15, 0.2) is 5.11 Å². The van der Waals surface area contributed by atoms with Gasteiger partial charge in [0.2, 0.25) is 0 Å². The number of rotatable bonds is 5. The summed E-state index contributed by atoms with van der Waals surface area (Å²) in [6.07, 6.45) is -0.767. The Morgan fingerprint density at radius 1 is 1.00 bits per heavy atom. The van der Waals surface area contributed by atoms with E-state index in [1.807, 2.05) is 31.2 Å². The number of benzene rings is 2. The highest BCUT2D eigenvalue weighted by atomic mass is 35.5. The molecule has 0 bridgehead atoms. The van der Waals surface area contributed by atoms with Crippen molar-refractivity contribution in [2.45, 2.75) is 17.9 Å². The van der Waals surface area contributed by atoms with Crippen LogP contribution in [0.5, 0.6) is 0 Å². The van der Waals surface area contributed by atoms with Gasteiger partial charge in [0.25, 0.3) is 5.91 Å². The fourth-order valence-corrected chi connectivity index (χ4v) is 2.56. The molecule has 0 radical (unpaired) electrons. The van der Waals surface area contributed by atoms with Gasteiger partial charge in [0.05, 0.1) is 0 Å². The van der Waals surface area contributed by atoms with E-state index in [0.717, 1.165) is 11.3 Å². The number of alkyl halides is 2. The van der Waals surface area contributed by atoms with E-state index in [9.17, 15) is 4.79 Å². The Balaban J connectivity index is 1.97. The number of amides is 1. The fraction of sp³-hybridized carbons (Fsp3) is 0.176. The van der Waals surface area contributed by atoms with E-state index in [1.165, 1.54) is 0 Å². The normalized spacial score (nSPS) is 11.7. The molecular weight excluding hydrogens is 401 g/mol. The molecule has 2 rings (SSSR count). The number of anilines is 1. The molecule has 4 nitrogen and oxygen atoms in total.